The van der Waals surface area contributed by atoms with Crippen molar-refractivity contribution in [3.63, 3.8) is 0 Å². The quantitative estimate of drug-likeness (QED) is 0.212. The van der Waals surface area contributed by atoms with Gasteiger partial charge in [0.05, 0.1) is 18.1 Å². The number of allylic oxidation sites excluding steroid dienone is 1. The average Bonchev–Trinajstić information content (AvgIpc) is 2.99. The topological polar surface area (TPSA) is 126 Å². The van der Waals surface area contributed by atoms with Crippen LogP contribution in [0.4, 0.5) is 0 Å². The number of hydrogen-bond donors (Lipinski definition) is 3. The number of methoxy groups -OCH3 is 1. The van der Waals surface area contributed by atoms with Crippen molar-refractivity contribution < 1.29 is 28.7 Å². The average molecular weight is 585 g/mol. The van der Waals surface area contributed by atoms with Crippen LogP contribution in [-0.2, 0) is 28.7 Å². The van der Waals surface area contributed by atoms with Crippen LogP contribution in [0, 0.1) is 11.8 Å². The lowest BCUT2D eigenvalue weighted by molar-refractivity contribution is -0.166. The van der Waals surface area contributed by atoms with Crippen molar-refractivity contribution in [2.45, 2.75) is 90.6 Å². The van der Waals surface area contributed by atoms with E-state index in [4.69, 9.17) is 9.47 Å². The Kier molecular flexibility index (Phi) is 13.9. The molecule has 3 N–H and O–H groups in total. The molecule has 0 aliphatic carbocycles. The number of nitrogens with one attached hydrogen (secondary N) is 3. The zero-order chi connectivity index (χ0) is 31.4. The van der Waals surface area contributed by atoms with Crippen LogP contribution in [0.1, 0.15) is 77.5 Å². The second-order valence-corrected chi connectivity index (χ2v) is 11.2. The van der Waals surface area contributed by atoms with Gasteiger partial charge in [0.1, 0.15) is 12.1 Å². The summed E-state index contributed by atoms with van der Waals surface area (Å²) in [6.07, 6.45) is 4.51. The molecule has 42 heavy (non-hydrogen) atoms. The predicted octanol–water partition coefficient (Wildman–Crippen LogP) is 3.69. The van der Waals surface area contributed by atoms with Gasteiger partial charge >= 0.3 is 5.97 Å². The van der Waals surface area contributed by atoms with Gasteiger partial charge in [0.15, 0.2) is 6.10 Å². The summed E-state index contributed by atoms with van der Waals surface area (Å²) in [7, 11) is 1.53. The Balaban J connectivity index is 1.97. The van der Waals surface area contributed by atoms with Gasteiger partial charge in [-0.3, -0.25) is 24.2 Å². The minimum absolute atomic E-state index is 0.218. The SMILES string of the molecule is C=CCC[C@@H](OC)[C@@H](C)C(=O)OC(C(=O)N[C@@H](C)C(=O)N1CCC[C@@H](C(=O)N[C@H](C)c2cccc(C=C)c2)N1)C(C)C. The number of carbonyl (C=O) groups excluding carboxylic acids is 4. The predicted molar refractivity (Wildman–Crippen MR) is 163 cm³/mol. The molecule has 232 valence electrons. The highest BCUT2D eigenvalue weighted by Gasteiger charge is 2.35. The standard InChI is InChI=1S/C32H48N4O6/c1-9-11-17-27(41-8)21(5)32(40)42-28(20(3)4)30(38)34-23(7)31(39)36-18-13-16-26(35-36)29(37)33-22(6)25-15-12-14-24(10-2)19-25/h9-10,12,14-15,19-23,26-28,35H,1-2,11,13,16-18H2,3-8H3,(H,33,37)(H,34,38)/t21-,22-,23+,26+,27-,28?/m1/s1. The minimum atomic E-state index is -1.08. The summed E-state index contributed by atoms with van der Waals surface area (Å²) in [5.41, 5.74) is 4.93. The van der Waals surface area contributed by atoms with Gasteiger partial charge in [0.25, 0.3) is 11.8 Å². The molecular formula is C32H48N4O6. The summed E-state index contributed by atoms with van der Waals surface area (Å²) in [5, 5.41) is 7.08. The van der Waals surface area contributed by atoms with E-state index in [-0.39, 0.29) is 24.0 Å². The Morgan fingerprint density at radius 1 is 1.12 bits per heavy atom. The van der Waals surface area contributed by atoms with Crippen LogP contribution in [0.5, 0.6) is 0 Å². The Bertz CT molecular complexity index is 1110. The lowest BCUT2D eigenvalue weighted by atomic mass is 9.99. The number of carbonyl (C=O) groups is 4. The molecule has 0 saturated carbocycles. The van der Waals surface area contributed by atoms with E-state index >= 15 is 0 Å². The summed E-state index contributed by atoms with van der Waals surface area (Å²) in [6, 6.07) is 6.01. The molecule has 1 heterocycles. The zero-order valence-corrected chi connectivity index (χ0v) is 25.9. The molecule has 0 radical (unpaired) electrons. The maximum absolute atomic E-state index is 13.2. The lowest BCUT2D eigenvalue weighted by Gasteiger charge is -2.35. The molecular weight excluding hydrogens is 536 g/mol. The number of ether oxygens (including phenoxy) is 2. The normalized spacial score (nSPS) is 18.6. The summed E-state index contributed by atoms with van der Waals surface area (Å²) >= 11 is 0. The molecule has 2 rings (SSSR count). The first-order valence-corrected chi connectivity index (χ1v) is 14.7. The van der Waals surface area contributed by atoms with Crippen LogP contribution >= 0.6 is 0 Å². The number of nitrogens with zero attached hydrogens (tertiary/aromatic N) is 1. The first-order valence-electron chi connectivity index (χ1n) is 14.7. The number of esters is 1. The van der Waals surface area contributed by atoms with E-state index in [2.05, 4.69) is 29.2 Å². The van der Waals surface area contributed by atoms with Gasteiger partial charge in [-0.2, -0.15) is 0 Å². The molecule has 0 aromatic heterocycles. The van der Waals surface area contributed by atoms with Crippen molar-refractivity contribution >= 4 is 29.8 Å². The van der Waals surface area contributed by atoms with Crippen LogP contribution in [0.2, 0.25) is 0 Å². The largest absolute Gasteiger partial charge is 0.452 e. The van der Waals surface area contributed by atoms with Gasteiger partial charge in [-0.25, -0.2) is 5.43 Å². The number of amides is 3. The van der Waals surface area contributed by atoms with Crippen molar-refractivity contribution in [3.8, 4) is 0 Å². The van der Waals surface area contributed by atoms with E-state index in [0.717, 1.165) is 11.1 Å². The highest BCUT2D eigenvalue weighted by Crippen LogP contribution is 2.19. The van der Waals surface area contributed by atoms with E-state index in [9.17, 15) is 19.2 Å². The summed E-state index contributed by atoms with van der Waals surface area (Å²) in [5.74, 6) is -2.63. The van der Waals surface area contributed by atoms with Gasteiger partial charge in [0, 0.05) is 13.7 Å². The fraction of sp³-hybridized carbons (Fsp3) is 0.562. The fourth-order valence-electron chi connectivity index (χ4n) is 4.81. The number of benzene rings is 1. The summed E-state index contributed by atoms with van der Waals surface area (Å²) in [4.78, 5) is 52.3. The molecule has 0 spiro atoms. The van der Waals surface area contributed by atoms with Crippen molar-refractivity contribution in [2.75, 3.05) is 13.7 Å². The Labute approximate surface area is 250 Å². The van der Waals surface area contributed by atoms with Crippen LogP contribution in [0.3, 0.4) is 0 Å². The van der Waals surface area contributed by atoms with Gasteiger partial charge in [-0.15, -0.1) is 6.58 Å². The molecule has 1 saturated heterocycles. The van der Waals surface area contributed by atoms with E-state index in [0.29, 0.717) is 32.2 Å². The summed E-state index contributed by atoms with van der Waals surface area (Å²) < 4.78 is 11.0. The molecule has 0 bridgehead atoms. The highest BCUT2D eigenvalue weighted by atomic mass is 16.6. The fourth-order valence-corrected chi connectivity index (χ4v) is 4.81. The second-order valence-electron chi connectivity index (χ2n) is 11.2. The molecule has 3 amide bonds. The van der Waals surface area contributed by atoms with Crippen molar-refractivity contribution in [2.24, 2.45) is 11.8 Å². The van der Waals surface area contributed by atoms with Crippen LogP contribution in [0.25, 0.3) is 6.08 Å². The van der Waals surface area contributed by atoms with Gasteiger partial charge in [-0.1, -0.05) is 50.8 Å². The van der Waals surface area contributed by atoms with Gasteiger partial charge in [0.2, 0.25) is 5.91 Å². The third-order valence-electron chi connectivity index (χ3n) is 7.50. The van der Waals surface area contributed by atoms with E-state index in [1.807, 2.05) is 31.2 Å². The highest BCUT2D eigenvalue weighted by molar-refractivity contribution is 5.91. The Morgan fingerprint density at radius 3 is 2.45 bits per heavy atom. The van der Waals surface area contributed by atoms with E-state index in [1.54, 1.807) is 39.8 Å². The third-order valence-corrected chi connectivity index (χ3v) is 7.50. The monoisotopic (exact) mass is 584 g/mol. The molecule has 1 unspecified atom stereocenters. The van der Waals surface area contributed by atoms with Crippen LogP contribution < -0.4 is 16.1 Å². The van der Waals surface area contributed by atoms with E-state index in [1.165, 1.54) is 12.1 Å². The molecule has 10 nitrogen and oxygen atoms in total. The zero-order valence-electron chi connectivity index (χ0n) is 25.9. The minimum Gasteiger partial charge on any atom is -0.452 e. The van der Waals surface area contributed by atoms with Crippen molar-refractivity contribution in [1.82, 2.24) is 21.1 Å². The molecule has 6 atom stereocenters. The number of hydrazine groups is 1. The van der Waals surface area contributed by atoms with E-state index < -0.39 is 41.9 Å². The second kappa shape index (κ2) is 16.8. The Hall–Kier alpha value is -3.50. The van der Waals surface area contributed by atoms with Crippen LogP contribution in [-0.4, -0.2) is 66.6 Å². The molecule has 1 aliphatic heterocycles. The summed E-state index contributed by atoms with van der Waals surface area (Å²) in [6.45, 7) is 16.6. The smallest absolute Gasteiger partial charge is 0.312 e. The van der Waals surface area contributed by atoms with Crippen molar-refractivity contribution in [1.29, 1.82) is 0 Å². The van der Waals surface area contributed by atoms with Crippen molar-refractivity contribution in [3.05, 3.63) is 54.6 Å². The third kappa shape index (κ3) is 9.80. The molecule has 1 aromatic rings. The molecule has 1 aromatic carbocycles. The number of rotatable bonds is 15. The molecule has 10 heteroatoms. The van der Waals surface area contributed by atoms with Crippen LogP contribution in [0.15, 0.2) is 43.5 Å². The van der Waals surface area contributed by atoms with Gasteiger partial charge < -0.3 is 20.1 Å². The molecule has 1 fully saturated rings. The maximum atomic E-state index is 13.2. The first kappa shape index (κ1) is 34.7. The van der Waals surface area contributed by atoms with Gasteiger partial charge in [-0.05, 0) is 69.6 Å². The first-order chi connectivity index (χ1) is 19.9. The maximum Gasteiger partial charge on any atom is 0.312 e. The lowest BCUT2D eigenvalue weighted by Crippen LogP contribution is -2.61. The molecule has 1 aliphatic rings. The number of hydrogen-bond acceptors (Lipinski definition) is 7. The Morgan fingerprint density at radius 2 is 1.83 bits per heavy atom.